The summed E-state index contributed by atoms with van der Waals surface area (Å²) in [6.07, 6.45) is 0.887. The summed E-state index contributed by atoms with van der Waals surface area (Å²) >= 11 is 1.77. The van der Waals surface area contributed by atoms with E-state index in [0.717, 1.165) is 12.0 Å². The zero-order chi connectivity index (χ0) is 19.3. The second-order valence-corrected chi connectivity index (χ2v) is 7.62. The Morgan fingerprint density at radius 3 is 2.50 bits per heavy atom. The summed E-state index contributed by atoms with van der Waals surface area (Å²) in [4.78, 5) is 16.4. The van der Waals surface area contributed by atoms with Crippen LogP contribution < -0.4 is 9.47 Å². The fourth-order valence-corrected chi connectivity index (χ4v) is 4.55. The van der Waals surface area contributed by atoms with Crippen LogP contribution in [0.1, 0.15) is 29.0 Å². The number of hydrogen-bond acceptors (Lipinski definition) is 4. The number of carbonyl (C=O) groups is 1. The zero-order valence-corrected chi connectivity index (χ0v) is 16.7. The predicted octanol–water partition coefficient (Wildman–Crippen LogP) is 4.70. The van der Waals surface area contributed by atoms with Gasteiger partial charge < -0.3 is 14.4 Å². The van der Waals surface area contributed by atoms with E-state index in [0.29, 0.717) is 24.7 Å². The molecule has 3 aromatic rings. The van der Waals surface area contributed by atoms with Crippen LogP contribution in [0.2, 0.25) is 0 Å². The third-order valence-electron chi connectivity index (χ3n) is 4.90. The number of rotatable bonds is 6. The van der Waals surface area contributed by atoms with Crippen LogP contribution >= 0.6 is 11.3 Å². The minimum absolute atomic E-state index is 0.00705. The Bertz CT molecular complexity index is 938. The van der Waals surface area contributed by atoms with Crippen molar-refractivity contribution in [2.45, 2.75) is 19.4 Å². The van der Waals surface area contributed by atoms with Crippen molar-refractivity contribution in [3.05, 3.63) is 82.0 Å². The minimum atomic E-state index is -0.0607. The van der Waals surface area contributed by atoms with Gasteiger partial charge in [-0.2, -0.15) is 0 Å². The third-order valence-corrected chi connectivity index (χ3v) is 5.90. The molecule has 0 spiro atoms. The Morgan fingerprint density at radius 1 is 1.04 bits per heavy atom. The molecule has 28 heavy (non-hydrogen) atoms. The van der Waals surface area contributed by atoms with Gasteiger partial charge in [0.05, 0.1) is 12.6 Å². The zero-order valence-electron chi connectivity index (χ0n) is 15.8. The molecule has 144 valence electrons. The van der Waals surface area contributed by atoms with Gasteiger partial charge in [0.25, 0.3) is 5.91 Å². The van der Waals surface area contributed by atoms with Gasteiger partial charge in [-0.05, 0) is 48.1 Å². The molecule has 1 atom stereocenters. The minimum Gasteiger partial charge on any atom is -0.490 e. The number of nitrogens with zero attached hydrogens (tertiary/aromatic N) is 1. The molecule has 0 radical (unpaired) electrons. The summed E-state index contributed by atoms with van der Waals surface area (Å²) in [5.41, 5.74) is 2.36. The predicted molar refractivity (Wildman–Crippen MR) is 111 cm³/mol. The normalized spacial score (nSPS) is 15.8. The highest BCUT2D eigenvalue weighted by Crippen LogP contribution is 2.37. The van der Waals surface area contributed by atoms with Gasteiger partial charge in [0, 0.05) is 11.4 Å². The fraction of sp³-hybridized carbons (Fsp3) is 0.261. The van der Waals surface area contributed by atoms with Crippen molar-refractivity contribution in [3.8, 4) is 11.5 Å². The molecule has 0 saturated carbocycles. The highest BCUT2D eigenvalue weighted by atomic mass is 32.1. The van der Waals surface area contributed by atoms with Crippen molar-refractivity contribution in [2.75, 3.05) is 19.8 Å². The first-order valence-electron chi connectivity index (χ1n) is 9.53. The van der Waals surface area contributed by atoms with E-state index >= 15 is 0 Å². The maximum Gasteiger partial charge on any atom is 0.261 e. The number of thiophene rings is 1. The van der Waals surface area contributed by atoms with Crippen LogP contribution in [0.25, 0.3) is 0 Å². The topological polar surface area (TPSA) is 38.8 Å². The van der Waals surface area contributed by atoms with Gasteiger partial charge in [0.15, 0.2) is 18.1 Å². The largest absolute Gasteiger partial charge is 0.490 e. The van der Waals surface area contributed by atoms with E-state index in [1.807, 2.05) is 54.3 Å². The van der Waals surface area contributed by atoms with Gasteiger partial charge >= 0.3 is 0 Å². The number of benzene rings is 2. The van der Waals surface area contributed by atoms with Gasteiger partial charge in [-0.3, -0.25) is 4.79 Å². The van der Waals surface area contributed by atoms with E-state index in [9.17, 15) is 4.79 Å². The van der Waals surface area contributed by atoms with Crippen molar-refractivity contribution in [3.63, 3.8) is 0 Å². The molecule has 0 N–H and O–H groups in total. The van der Waals surface area contributed by atoms with Crippen LogP contribution in [0.4, 0.5) is 0 Å². The Kier molecular flexibility index (Phi) is 5.63. The van der Waals surface area contributed by atoms with E-state index < -0.39 is 0 Å². The molecule has 0 bridgehead atoms. The SMILES string of the molecule is CCOc1ccccc1OCC(=O)N1CCc2sccc2[C@@H]1c1ccccc1. The van der Waals surface area contributed by atoms with Crippen LogP contribution in [-0.2, 0) is 11.2 Å². The lowest BCUT2D eigenvalue weighted by molar-refractivity contribution is -0.135. The van der Waals surface area contributed by atoms with Crippen molar-refractivity contribution < 1.29 is 14.3 Å². The fourth-order valence-electron chi connectivity index (χ4n) is 3.65. The lowest BCUT2D eigenvalue weighted by atomic mass is 9.93. The third kappa shape index (κ3) is 3.76. The maximum absolute atomic E-state index is 13.1. The Labute approximate surface area is 169 Å². The molecule has 1 aromatic heterocycles. The van der Waals surface area contributed by atoms with E-state index in [1.165, 1.54) is 10.4 Å². The van der Waals surface area contributed by atoms with Crippen molar-refractivity contribution in [1.82, 2.24) is 4.90 Å². The average Bonchev–Trinajstić information content (AvgIpc) is 3.22. The molecule has 2 aromatic carbocycles. The first-order chi connectivity index (χ1) is 13.8. The van der Waals surface area contributed by atoms with Crippen molar-refractivity contribution >= 4 is 17.2 Å². The number of hydrogen-bond donors (Lipinski definition) is 0. The molecular formula is C23H23NO3S. The van der Waals surface area contributed by atoms with Crippen LogP contribution in [0.5, 0.6) is 11.5 Å². The van der Waals surface area contributed by atoms with Crippen LogP contribution in [-0.4, -0.2) is 30.6 Å². The van der Waals surface area contributed by atoms with Crippen LogP contribution in [0.3, 0.4) is 0 Å². The molecule has 1 aliphatic rings. The molecule has 1 amide bonds. The molecule has 0 unspecified atom stereocenters. The highest BCUT2D eigenvalue weighted by Gasteiger charge is 2.32. The lowest BCUT2D eigenvalue weighted by Crippen LogP contribution is -2.42. The first kappa shape index (κ1) is 18.6. The summed E-state index contributed by atoms with van der Waals surface area (Å²) < 4.78 is 11.4. The van der Waals surface area contributed by atoms with Crippen LogP contribution in [0, 0.1) is 0 Å². The summed E-state index contributed by atoms with van der Waals surface area (Å²) in [6.45, 7) is 3.17. The van der Waals surface area contributed by atoms with Crippen LogP contribution in [0.15, 0.2) is 66.0 Å². The molecule has 4 nitrogen and oxygen atoms in total. The van der Waals surface area contributed by atoms with Gasteiger partial charge in [0.2, 0.25) is 0 Å². The van der Waals surface area contributed by atoms with Crippen molar-refractivity contribution in [1.29, 1.82) is 0 Å². The molecular weight excluding hydrogens is 370 g/mol. The average molecular weight is 394 g/mol. The summed E-state index contributed by atoms with van der Waals surface area (Å²) in [5, 5.41) is 2.11. The van der Waals surface area contributed by atoms with Gasteiger partial charge in [0.1, 0.15) is 0 Å². The summed E-state index contributed by atoms with van der Waals surface area (Å²) in [5.74, 6) is 1.25. The van der Waals surface area contributed by atoms with E-state index in [1.54, 1.807) is 11.3 Å². The Balaban J connectivity index is 1.55. The quantitative estimate of drug-likeness (QED) is 0.609. The van der Waals surface area contributed by atoms with E-state index in [2.05, 4.69) is 23.6 Å². The molecule has 0 saturated heterocycles. The molecule has 4 rings (SSSR count). The second-order valence-electron chi connectivity index (χ2n) is 6.62. The van der Waals surface area contributed by atoms with Crippen molar-refractivity contribution in [2.24, 2.45) is 0 Å². The summed E-state index contributed by atoms with van der Waals surface area (Å²) in [6, 6.07) is 19.8. The molecule has 0 aliphatic carbocycles. The first-order valence-corrected chi connectivity index (χ1v) is 10.4. The standard InChI is InChI=1S/C23H23NO3S/c1-2-26-19-10-6-7-11-20(19)27-16-22(25)24-14-12-21-18(13-15-28-21)23(24)17-8-4-3-5-9-17/h3-11,13,15,23H,2,12,14,16H2,1H3/t23-/m0/s1. The second kappa shape index (κ2) is 8.48. The highest BCUT2D eigenvalue weighted by molar-refractivity contribution is 7.10. The molecule has 2 heterocycles. The Morgan fingerprint density at radius 2 is 1.75 bits per heavy atom. The molecule has 0 fully saturated rings. The van der Waals surface area contributed by atoms with Gasteiger partial charge in [-0.15, -0.1) is 11.3 Å². The Hall–Kier alpha value is -2.79. The number of amides is 1. The smallest absolute Gasteiger partial charge is 0.261 e. The van der Waals surface area contributed by atoms with E-state index in [-0.39, 0.29) is 18.6 Å². The van der Waals surface area contributed by atoms with E-state index in [4.69, 9.17) is 9.47 Å². The number of fused-ring (bicyclic) bond motifs is 1. The summed E-state index contributed by atoms with van der Waals surface area (Å²) in [7, 11) is 0. The lowest BCUT2D eigenvalue weighted by Gasteiger charge is -2.36. The molecule has 5 heteroatoms. The maximum atomic E-state index is 13.1. The molecule has 1 aliphatic heterocycles. The number of ether oxygens (including phenoxy) is 2. The number of para-hydroxylation sites is 2. The monoisotopic (exact) mass is 393 g/mol. The van der Waals surface area contributed by atoms with Gasteiger partial charge in [-0.25, -0.2) is 0 Å². The van der Waals surface area contributed by atoms with Gasteiger partial charge in [-0.1, -0.05) is 42.5 Å². The number of carbonyl (C=O) groups excluding carboxylic acids is 1.